The van der Waals surface area contributed by atoms with E-state index in [1.54, 1.807) is 6.92 Å². The van der Waals surface area contributed by atoms with Crippen LogP contribution in [-0.2, 0) is 6.54 Å². The lowest BCUT2D eigenvalue weighted by molar-refractivity contribution is 0.145. The number of piperazine rings is 1. The van der Waals surface area contributed by atoms with Crippen LogP contribution in [0.15, 0.2) is 10.6 Å². The first-order valence-corrected chi connectivity index (χ1v) is 8.52. The SMILES string of the molecule is Cc1noc(CN2CCN(c3cc(C(F)F)nc(C4CC4)n3)CC2)n1. The Labute approximate surface area is 144 Å². The normalized spacial score (nSPS) is 19.0. The third-order valence-corrected chi connectivity index (χ3v) is 4.54. The Morgan fingerprint density at radius 3 is 2.52 bits per heavy atom. The van der Waals surface area contributed by atoms with Crippen molar-refractivity contribution in [2.75, 3.05) is 31.1 Å². The molecule has 0 bridgehead atoms. The maximum Gasteiger partial charge on any atom is 0.280 e. The van der Waals surface area contributed by atoms with Gasteiger partial charge in [0.25, 0.3) is 6.43 Å². The van der Waals surface area contributed by atoms with Gasteiger partial charge in [0.15, 0.2) is 5.82 Å². The number of alkyl halides is 2. The van der Waals surface area contributed by atoms with Crippen molar-refractivity contribution in [2.45, 2.75) is 38.7 Å². The fraction of sp³-hybridized carbons (Fsp3) is 0.625. The van der Waals surface area contributed by atoms with Gasteiger partial charge in [-0.3, -0.25) is 4.90 Å². The molecule has 1 aliphatic carbocycles. The Morgan fingerprint density at radius 1 is 1.16 bits per heavy atom. The number of halogens is 2. The number of hydrogen-bond donors (Lipinski definition) is 0. The smallest absolute Gasteiger partial charge is 0.280 e. The highest BCUT2D eigenvalue weighted by atomic mass is 19.3. The standard InChI is InChI=1S/C16H20F2N6O/c1-10-19-14(25-22-10)9-23-4-6-24(7-5-23)13-8-12(15(17)18)20-16(21-13)11-2-3-11/h8,11,15H,2-7,9H2,1H3. The van der Waals surface area contributed by atoms with E-state index >= 15 is 0 Å². The highest BCUT2D eigenvalue weighted by molar-refractivity contribution is 5.41. The molecule has 2 aliphatic rings. The Morgan fingerprint density at radius 2 is 1.92 bits per heavy atom. The second kappa shape index (κ2) is 6.62. The zero-order valence-electron chi connectivity index (χ0n) is 14.0. The Balaban J connectivity index is 1.43. The summed E-state index contributed by atoms with van der Waals surface area (Å²) in [5.74, 6) is 2.65. The first kappa shape index (κ1) is 16.3. The molecule has 0 atom stereocenters. The van der Waals surface area contributed by atoms with Crippen LogP contribution in [0, 0.1) is 6.92 Å². The Kier molecular flexibility index (Phi) is 4.32. The number of rotatable bonds is 5. The van der Waals surface area contributed by atoms with Crippen LogP contribution in [0.5, 0.6) is 0 Å². The predicted octanol–water partition coefficient (Wildman–Crippen LogP) is 2.31. The average molecular weight is 350 g/mol. The maximum absolute atomic E-state index is 13.1. The summed E-state index contributed by atoms with van der Waals surface area (Å²) < 4.78 is 31.4. The summed E-state index contributed by atoms with van der Waals surface area (Å²) in [6.45, 7) is 5.41. The van der Waals surface area contributed by atoms with Gasteiger partial charge in [-0.15, -0.1) is 0 Å². The molecule has 0 amide bonds. The molecule has 1 saturated heterocycles. The van der Waals surface area contributed by atoms with Crippen molar-refractivity contribution in [3.05, 3.63) is 29.3 Å². The zero-order valence-corrected chi connectivity index (χ0v) is 14.0. The molecular formula is C16H20F2N6O. The summed E-state index contributed by atoms with van der Waals surface area (Å²) in [4.78, 5) is 17.0. The van der Waals surface area contributed by atoms with Gasteiger partial charge in [-0.2, -0.15) is 4.98 Å². The third kappa shape index (κ3) is 3.76. The van der Waals surface area contributed by atoms with Crippen LogP contribution in [0.3, 0.4) is 0 Å². The minimum Gasteiger partial charge on any atom is -0.354 e. The molecule has 134 valence electrons. The largest absolute Gasteiger partial charge is 0.354 e. The van der Waals surface area contributed by atoms with Crippen molar-refractivity contribution in [1.29, 1.82) is 0 Å². The second-order valence-corrected chi connectivity index (χ2v) is 6.58. The van der Waals surface area contributed by atoms with Crippen molar-refractivity contribution in [2.24, 2.45) is 0 Å². The van der Waals surface area contributed by atoms with Gasteiger partial charge in [-0.05, 0) is 19.8 Å². The molecule has 0 radical (unpaired) electrons. The van der Waals surface area contributed by atoms with Crippen molar-refractivity contribution in [3.8, 4) is 0 Å². The van der Waals surface area contributed by atoms with Crippen LogP contribution in [0.4, 0.5) is 14.6 Å². The fourth-order valence-corrected chi connectivity index (χ4v) is 3.00. The van der Waals surface area contributed by atoms with Gasteiger partial charge in [0.05, 0.1) is 6.54 Å². The first-order chi connectivity index (χ1) is 12.1. The average Bonchev–Trinajstić information content (AvgIpc) is 3.38. The molecule has 0 spiro atoms. The molecule has 0 unspecified atom stereocenters. The quantitative estimate of drug-likeness (QED) is 0.819. The molecule has 7 nitrogen and oxygen atoms in total. The summed E-state index contributed by atoms with van der Waals surface area (Å²) in [5, 5.41) is 3.79. The van der Waals surface area contributed by atoms with Crippen LogP contribution in [0.25, 0.3) is 0 Å². The van der Waals surface area contributed by atoms with E-state index in [1.165, 1.54) is 6.07 Å². The topological polar surface area (TPSA) is 71.2 Å². The van der Waals surface area contributed by atoms with E-state index in [2.05, 4.69) is 29.9 Å². The van der Waals surface area contributed by atoms with Crippen molar-refractivity contribution >= 4 is 5.82 Å². The molecule has 1 aliphatic heterocycles. The van der Waals surface area contributed by atoms with Crippen LogP contribution >= 0.6 is 0 Å². The summed E-state index contributed by atoms with van der Waals surface area (Å²) in [6.07, 6.45) is -0.589. The minimum atomic E-state index is -2.57. The van der Waals surface area contributed by atoms with Gasteiger partial charge in [0.2, 0.25) is 5.89 Å². The molecule has 2 aromatic heterocycles. The minimum absolute atomic E-state index is 0.171. The molecule has 3 heterocycles. The van der Waals surface area contributed by atoms with Gasteiger partial charge in [-0.25, -0.2) is 18.7 Å². The molecule has 4 rings (SSSR count). The number of aromatic nitrogens is 4. The predicted molar refractivity (Wildman–Crippen MR) is 85.5 cm³/mol. The monoisotopic (exact) mass is 350 g/mol. The molecule has 9 heteroatoms. The van der Waals surface area contributed by atoms with Crippen molar-refractivity contribution in [1.82, 2.24) is 25.0 Å². The van der Waals surface area contributed by atoms with Crippen molar-refractivity contribution in [3.63, 3.8) is 0 Å². The van der Waals surface area contributed by atoms with E-state index in [4.69, 9.17) is 4.52 Å². The van der Waals surface area contributed by atoms with Gasteiger partial charge in [0, 0.05) is 38.2 Å². The summed E-state index contributed by atoms with van der Waals surface area (Å²) in [7, 11) is 0. The Bertz CT molecular complexity index is 720. The lowest BCUT2D eigenvalue weighted by Gasteiger charge is -2.34. The van der Waals surface area contributed by atoms with E-state index in [-0.39, 0.29) is 11.6 Å². The summed E-state index contributed by atoms with van der Waals surface area (Å²) in [6, 6.07) is 1.42. The first-order valence-electron chi connectivity index (χ1n) is 8.52. The number of nitrogens with zero attached hydrogens (tertiary/aromatic N) is 6. The zero-order chi connectivity index (χ0) is 17.4. The van der Waals surface area contributed by atoms with Gasteiger partial charge < -0.3 is 9.42 Å². The van der Waals surface area contributed by atoms with Gasteiger partial charge in [-0.1, -0.05) is 5.16 Å². The number of hydrogen-bond acceptors (Lipinski definition) is 7. The van der Waals surface area contributed by atoms with E-state index < -0.39 is 6.43 Å². The highest BCUT2D eigenvalue weighted by Gasteiger charge is 2.29. The summed E-state index contributed by atoms with van der Waals surface area (Å²) in [5.41, 5.74) is -0.171. The molecule has 0 aromatic carbocycles. The van der Waals surface area contributed by atoms with Crippen LogP contribution in [0.2, 0.25) is 0 Å². The van der Waals surface area contributed by atoms with Crippen LogP contribution < -0.4 is 4.90 Å². The van der Waals surface area contributed by atoms with E-state index in [0.717, 1.165) is 39.0 Å². The Hall–Kier alpha value is -2.16. The van der Waals surface area contributed by atoms with E-state index in [0.29, 0.717) is 29.9 Å². The van der Waals surface area contributed by atoms with Crippen molar-refractivity contribution < 1.29 is 13.3 Å². The molecule has 25 heavy (non-hydrogen) atoms. The van der Waals surface area contributed by atoms with Gasteiger partial charge >= 0.3 is 0 Å². The van der Waals surface area contributed by atoms with Crippen LogP contribution in [-0.4, -0.2) is 51.2 Å². The number of anilines is 1. The number of aryl methyl sites for hydroxylation is 1. The van der Waals surface area contributed by atoms with Crippen LogP contribution in [0.1, 0.15) is 48.4 Å². The second-order valence-electron chi connectivity index (χ2n) is 6.58. The highest BCUT2D eigenvalue weighted by Crippen LogP contribution is 2.39. The van der Waals surface area contributed by atoms with E-state index in [9.17, 15) is 8.78 Å². The van der Waals surface area contributed by atoms with E-state index in [1.807, 2.05) is 0 Å². The van der Waals surface area contributed by atoms with Gasteiger partial charge in [0.1, 0.15) is 17.3 Å². The molecule has 2 fully saturated rings. The third-order valence-electron chi connectivity index (χ3n) is 4.54. The molecule has 0 N–H and O–H groups in total. The molecule has 1 saturated carbocycles. The molecular weight excluding hydrogens is 330 g/mol. The fourth-order valence-electron chi connectivity index (χ4n) is 3.00. The summed E-state index contributed by atoms with van der Waals surface area (Å²) >= 11 is 0. The maximum atomic E-state index is 13.1. The lowest BCUT2D eigenvalue weighted by Crippen LogP contribution is -2.46. The lowest BCUT2D eigenvalue weighted by atomic mass is 10.2. The molecule has 2 aromatic rings.